The number of benzene rings is 1. The molecule has 0 aromatic heterocycles. The largest absolute Gasteiger partial charge is 0.383 e. The first kappa shape index (κ1) is 13.8. The summed E-state index contributed by atoms with van der Waals surface area (Å²) in [6, 6.07) is 2.17. The molecule has 0 saturated carbocycles. The summed E-state index contributed by atoms with van der Waals surface area (Å²) >= 11 is 0. The van der Waals surface area contributed by atoms with Gasteiger partial charge in [-0.05, 0) is 24.0 Å². The van der Waals surface area contributed by atoms with Gasteiger partial charge in [0.1, 0.15) is 17.3 Å². The summed E-state index contributed by atoms with van der Waals surface area (Å²) in [4.78, 5) is 13.9. The molecule has 1 aromatic rings. The Labute approximate surface area is 111 Å². The average molecular weight is 268 g/mol. The molecule has 1 amide bonds. The number of hydrogen-bond donors (Lipinski definition) is 1. The molecule has 0 atom stereocenters. The number of carbonyl (C=O) groups is 1. The van der Waals surface area contributed by atoms with E-state index in [1.807, 2.05) is 0 Å². The lowest BCUT2D eigenvalue weighted by Crippen LogP contribution is -2.30. The topological polar surface area (TPSA) is 32.3 Å². The quantitative estimate of drug-likeness (QED) is 0.894. The van der Waals surface area contributed by atoms with E-state index in [9.17, 15) is 13.6 Å². The second-order valence-corrected chi connectivity index (χ2v) is 5.71. The van der Waals surface area contributed by atoms with E-state index in [4.69, 9.17) is 0 Å². The third-order valence-electron chi connectivity index (χ3n) is 3.50. The highest BCUT2D eigenvalue weighted by atomic mass is 19.1. The zero-order valence-corrected chi connectivity index (χ0v) is 11.4. The van der Waals surface area contributed by atoms with Crippen LogP contribution in [0.5, 0.6) is 0 Å². The van der Waals surface area contributed by atoms with Crippen molar-refractivity contribution < 1.29 is 13.6 Å². The molecular weight excluding hydrogens is 250 g/mol. The van der Waals surface area contributed by atoms with Crippen molar-refractivity contribution in [2.24, 2.45) is 5.41 Å². The molecule has 1 fully saturated rings. The van der Waals surface area contributed by atoms with Crippen molar-refractivity contribution in [2.75, 3.05) is 25.5 Å². The standard InChI is InChI=1S/C14H18F2N2O/c1-14(2)4-5-18(8-14)13(19)9-6-10(15)12(17-3)11(16)7-9/h6-7,17H,4-5,8H2,1-3H3. The fraction of sp³-hybridized carbons (Fsp3) is 0.500. The van der Waals surface area contributed by atoms with Crippen molar-refractivity contribution in [2.45, 2.75) is 20.3 Å². The first-order valence-electron chi connectivity index (χ1n) is 6.30. The fourth-order valence-corrected chi connectivity index (χ4v) is 2.40. The van der Waals surface area contributed by atoms with Crippen molar-refractivity contribution in [3.05, 3.63) is 29.3 Å². The number of rotatable bonds is 2. The van der Waals surface area contributed by atoms with E-state index in [2.05, 4.69) is 19.2 Å². The van der Waals surface area contributed by atoms with Gasteiger partial charge in [-0.3, -0.25) is 4.79 Å². The van der Waals surface area contributed by atoms with Gasteiger partial charge in [-0.15, -0.1) is 0 Å². The molecule has 0 spiro atoms. The van der Waals surface area contributed by atoms with Gasteiger partial charge in [0.15, 0.2) is 0 Å². The summed E-state index contributed by atoms with van der Waals surface area (Å²) in [5.74, 6) is -1.81. The lowest BCUT2D eigenvalue weighted by atomic mass is 9.93. The Balaban J connectivity index is 2.26. The number of likely N-dealkylation sites (tertiary alicyclic amines) is 1. The number of hydrogen-bond acceptors (Lipinski definition) is 2. The number of carbonyl (C=O) groups excluding carboxylic acids is 1. The zero-order chi connectivity index (χ0) is 14.2. The smallest absolute Gasteiger partial charge is 0.254 e. The van der Waals surface area contributed by atoms with E-state index in [1.165, 1.54) is 7.05 Å². The minimum absolute atomic E-state index is 0.0618. The molecule has 0 bridgehead atoms. The Morgan fingerprint density at radius 3 is 2.32 bits per heavy atom. The minimum Gasteiger partial charge on any atom is -0.383 e. The van der Waals surface area contributed by atoms with E-state index in [0.717, 1.165) is 18.6 Å². The highest BCUT2D eigenvalue weighted by Crippen LogP contribution is 2.30. The molecule has 104 valence electrons. The molecule has 2 rings (SSSR count). The van der Waals surface area contributed by atoms with Crippen LogP contribution in [0, 0.1) is 17.0 Å². The van der Waals surface area contributed by atoms with Crippen LogP contribution in [-0.4, -0.2) is 30.9 Å². The number of amides is 1. The van der Waals surface area contributed by atoms with E-state index in [-0.39, 0.29) is 22.6 Å². The van der Waals surface area contributed by atoms with E-state index in [0.29, 0.717) is 13.1 Å². The average Bonchev–Trinajstić information content (AvgIpc) is 2.68. The Bertz CT molecular complexity index is 491. The predicted molar refractivity (Wildman–Crippen MR) is 70.2 cm³/mol. The van der Waals surface area contributed by atoms with Crippen molar-refractivity contribution in [3.63, 3.8) is 0 Å². The Morgan fingerprint density at radius 1 is 1.32 bits per heavy atom. The van der Waals surface area contributed by atoms with Crippen LogP contribution >= 0.6 is 0 Å². The molecule has 1 saturated heterocycles. The number of nitrogens with one attached hydrogen (secondary N) is 1. The second kappa shape index (κ2) is 4.79. The van der Waals surface area contributed by atoms with E-state index in [1.54, 1.807) is 4.90 Å². The van der Waals surface area contributed by atoms with Crippen molar-refractivity contribution in [1.82, 2.24) is 4.90 Å². The summed E-state index contributed by atoms with van der Waals surface area (Å²) in [5.41, 5.74) is -0.0810. The highest BCUT2D eigenvalue weighted by Gasteiger charge is 2.32. The Morgan fingerprint density at radius 2 is 1.89 bits per heavy atom. The fourth-order valence-electron chi connectivity index (χ4n) is 2.40. The molecule has 1 heterocycles. The molecule has 1 N–H and O–H groups in total. The first-order chi connectivity index (χ1) is 8.84. The summed E-state index contributed by atoms with van der Waals surface area (Å²) in [5, 5.41) is 2.44. The lowest BCUT2D eigenvalue weighted by Gasteiger charge is -2.20. The van der Waals surface area contributed by atoms with Crippen LogP contribution in [0.4, 0.5) is 14.5 Å². The minimum atomic E-state index is -0.746. The van der Waals surface area contributed by atoms with Gasteiger partial charge >= 0.3 is 0 Å². The summed E-state index contributed by atoms with van der Waals surface area (Å²) in [6.45, 7) is 5.39. The third kappa shape index (κ3) is 2.69. The highest BCUT2D eigenvalue weighted by molar-refractivity contribution is 5.95. The van der Waals surface area contributed by atoms with Gasteiger partial charge in [-0.1, -0.05) is 13.8 Å². The second-order valence-electron chi connectivity index (χ2n) is 5.71. The van der Waals surface area contributed by atoms with Crippen LogP contribution in [0.25, 0.3) is 0 Å². The van der Waals surface area contributed by atoms with Crippen LogP contribution in [0.3, 0.4) is 0 Å². The number of anilines is 1. The van der Waals surface area contributed by atoms with Gasteiger partial charge in [-0.2, -0.15) is 0 Å². The maximum atomic E-state index is 13.6. The maximum Gasteiger partial charge on any atom is 0.254 e. The van der Waals surface area contributed by atoms with Crippen molar-refractivity contribution in [1.29, 1.82) is 0 Å². The van der Waals surface area contributed by atoms with Crippen molar-refractivity contribution in [3.8, 4) is 0 Å². The van der Waals surface area contributed by atoms with Gasteiger partial charge in [0.2, 0.25) is 0 Å². The molecule has 1 aliphatic rings. The molecule has 1 aliphatic heterocycles. The molecule has 0 radical (unpaired) electrons. The van der Waals surface area contributed by atoms with Crippen LogP contribution in [0.1, 0.15) is 30.6 Å². The number of halogens is 2. The van der Waals surface area contributed by atoms with E-state index >= 15 is 0 Å². The molecular formula is C14H18F2N2O. The predicted octanol–water partition coefficient (Wildman–Crippen LogP) is 2.88. The van der Waals surface area contributed by atoms with E-state index < -0.39 is 11.6 Å². The summed E-state index contributed by atoms with van der Waals surface area (Å²) < 4.78 is 27.3. The molecule has 5 heteroatoms. The normalized spacial score (nSPS) is 17.6. The van der Waals surface area contributed by atoms with Gasteiger partial charge < -0.3 is 10.2 Å². The van der Waals surface area contributed by atoms with Crippen LogP contribution < -0.4 is 5.32 Å². The van der Waals surface area contributed by atoms with Gasteiger partial charge in [0, 0.05) is 25.7 Å². The lowest BCUT2D eigenvalue weighted by molar-refractivity contribution is 0.0777. The molecule has 0 aliphatic carbocycles. The first-order valence-corrected chi connectivity index (χ1v) is 6.30. The Kier molecular flexibility index (Phi) is 3.47. The monoisotopic (exact) mass is 268 g/mol. The SMILES string of the molecule is CNc1c(F)cc(C(=O)N2CCC(C)(C)C2)cc1F. The molecule has 1 aromatic carbocycles. The summed E-state index contributed by atoms with van der Waals surface area (Å²) in [6.07, 6.45) is 0.901. The molecule has 0 unspecified atom stereocenters. The Hall–Kier alpha value is -1.65. The molecule has 19 heavy (non-hydrogen) atoms. The van der Waals surface area contributed by atoms with Crippen LogP contribution in [-0.2, 0) is 0 Å². The van der Waals surface area contributed by atoms with Gasteiger partial charge in [0.05, 0.1) is 0 Å². The van der Waals surface area contributed by atoms with Crippen molar-refractivity contribution >= 4 is 11.6 Å². The van der Waals surface area contributed by atoms with Crippen LogP contribution in [0.15, 0.2) is 12.1 Å². The van der Waals surface area contributed by atoms with Gasteiger partial charge in [-0.25, -0.2) is 8.78 Å². The zero-order valence-electron chi connectivity index (χ0n) is 11.4. The van der Waals surface area contributed by atoms with Crippen LogP contribution in [0.2, 0.25) is 0 Å². The maximum absolute atomic E-state index is 13.6. The molecule has 3 nitrogen and oxygen atoms in total. The third-order valence-corrected chi connectivity index (χ3v) is 3.50. The number of nitrogens with zero attached hydrogens (tertiary/aromatic N) is 1. The van der Waals surface area contributed by atoms with Gasteiger partial charge in [0.25, 0.3) is 5.91 Å². The summed E-state index contributed by atoms with van der Waals surface area (Å²) in [7, 11) is 1.44.